The summed E-state index contributed by atoms with van der Waals surface area (Å²) in [5.74, 6) is -0.114. The van der Waals surface area contributed by atoms with Gasteiger partial charge in [0.2, 0.25) is 0 Å². The number of Topliss-reactive ketones (excluding diaryl/α,β-unsaturated/α-hetero) is 1. The van der Waals surface area contributed by atoms with Crippen molar-refractivity contribution in [2.45, 2.75) is 6.42 Å². The fourth-order valence-electron chi connectivity index (χ4n) is 1.96. The van der Waals surface area contributed by atoms with Gasteiger partial charge in [-0.1, -0.05) is 0 Å². The lowest BCUT2D eigenvalue weighted by molar-refractivity contribution is 0.0998. The van der Waals surface area contributed by atoms with Crippen molar-refractivity contribution in [2.75, 3.05) is 25.0 Å². The highest BCUT2D eigenvalue weighted by Gasteiger charge is 2.22. The number of hydrogen-bond acceptors (Lipinski definition) is 4. The Bertz CT molecular complexity index is 415. The van der Waals surface area contributed by atoms with Crippen LogP contribution in [0.3, 0.4) is 0 Å². The maximum Gasteiger partial charge on any atom is 0.180 e. The van der Waals surface area contributed by atoms with Crippen LogP contribution >= 0.6 is 0 Å². The van der Waals surface area contributed by atoms with Crippen molar-refractivity contribution in [1.82, 2.24) is 0 Å². The summed E-state index contributed by atoms with van der Waals surface area (Å²) in [5, 5.41) is 9.93. The van der Waals surface area contributed by atoms with Gasteiger partial charge in [0.05, 0.1) is 12.1 Å². The molecule has 0 saturated carbocycles. The largest absolute Gasteiger partial charge is 0.507 e. The quantitative estimate of drug-likeness (QED) is 0.692. The van der Waals surface area contributed by atoms with E-state index in [9.17, 15) is 9.90 Å². The van der Waals surface area contributed by atoms with Crippen molar-refractivity contribution in [3.05, 3.63) is 23.3 Å². The number of nitrogens with zero attached hydrogens (tertiary/aromatic N) is 1. The molecule has 4 heteroatoms. The molecule has 1 heterocycles. The number of benzene rings is 1. The van der Waals surface area contributed by atoms with E-state index in [1.54, 1.807) is 6.07 Å². The van der Waals surface area contributed by atoms with Crippen LogP contribution in [-0.2, 0) is 6.42 Å². The van der Waals surface area contributed by atoms with Crippen molar-refractivity contribution in [1.29, 1.82) is 0 Å². The molecule has 4 nitrogen and oxygen atoms in total. The highest BCUT2D eigenvalue weighted by Crippen LogP contribution is 2.36. The number of fused-ring (bicyclic) bond motifs is 1. The van der Waals surface area contributed by atoms with E-state index in [1.807, 2.05) is 13.1 Å². The molecule has 1 aliphatic heterocycles. The van der Waals surface area contributed by atoms with Crippen LogP contribution in [0.25, 0.3) is 0 Å². The number of phenols is 1. The molecule has 0 bridgehead atoms. The Kier molecular flexibility index (Phi) is 2.36. The molecule has 3 N–H and O–H groups in total. The van der Waals surface area contributed by atoms with Crippen molar-refractivity contribution < 1.29 is 9.90 Å². The van der Waals surface area contributed by atoms with Crippen LogP contribution in [0.1, 0.15) is 15.9 Å². The van der Waals surface area contributed by atoms with Gasteiger partial charge in [-0.15, -0.1) is 0 Å². The average molecular weight is 206 g/mol. The molecule has 0 amide bonds. The van der Waals surface area contributed by atoms with E-state index in [0.29, 0.717) is 5.56 Å². The number of nitrogens with two attached hydrogens (primary N) is 1. The lowest BCUT2D eigenvalue weighted by Gasteiger charge is -2.13. The summed E-state index contributed by atoms with van der Waals surface area (Å²) in [6.07, 6.45) is 0.781. The maximum atomic E-state index is 11.4. The highest BCUT2D eigenvalue weighted by atomic mass is 16.3. The first-order valence-electron chi connectivity index (χ1n) is 4.94. The normalized spacial score (nSPS) is 14.1. The summed E-state index contributed by atoms with van der Waals surface area (Å²) in [6.45, 7) is 0.811. The summed E-state index contributed by atoms with van der Waals surface area (Å²) < 4.78 is 0. The molecule has 0 atom stereocenters. The van der Waals surface area contributed by atoms with E-state index in [0.717, 1.165) is 24.2 Å². The molecule has 0 aromatic heterocycles. The molecule has 0 aliphatic carbocycles. The molecule has 0 unspecified atom stereocenters. The molecular weight excluding hydrogens is 192 g/mol. The van der Waals surface area contributed by atoms with E-state index in [-0.39, 0.29) is 18.1 Å². The fourth-order valence-corrected chi connectivity index (χ4v) is 1.96. The van der Waals surface area contributed by atoms with E-state index in [4.69, 9.17) is 5.73 Å². The predicted octanol–water partition coefficient (Wildman–Crippen LogP) is 0.526. The molecule has 15 heavy (non-hydrogen) atoms. The van der Waals surface area contributed by atoms with Crippen molar-refractivity contribution in [2.24, 2.45) is 5.73 Å². The second-order valence-corrected chi connectivity index (χ2v) is 3.76. The van der Waals surface area contributed by atoms with E-state index < -0.39 is 0 Å². The van der Waals surface area contributed by atoms with E-state index >= 15 is 0 Å². The van der Waals surface area contributed by atoms with Gasteiger partial charge in [-0.3, -0.25) is 4.79 Å². The fraction of sp³-hybridized carbons (Fsp3) is 0.364. The highest BCUT2D eigenvalue weighted by molar-refractivity contribution is 6.01. The van der Waals surface area contributed by atoms with Crippen LogP contribution < -0.4 is 10.6 Å². The Morgan fingerprint density at radius 1 is 1.60 bits per heavy atom. The number of carbonyl (C=O) groups excluding carboxylic acids is 1. The topological polar surface area (TPSA) is 66.6 Å². The lowest BCUT2D eigenvalue weighted by Crippen LogP contribution is -2.14. The average Bonchev–Trinajstić information content (AvgIpc) is 2.61. The van der Waals surface area contributed by atoms with Crippen molar-refractivity contribution >= 4 is 11.5 Å². The zero-order valence-electron chi connectivity index (χ0n) is 8.66. The minimum absolute atomic E-state index is 0.0673. The monoisotopic (exact) mass is 206 g/mol. The number of likely N-dealkylation sites (N-methyl/N-ethyl adjacent to an activating group) is 1. The van der Waals surface area contributed by atoms with Crippen molar-refractivity contribution in [3.8, 4) is 5.75 Å². The second kappa shape index (κ2) is 3.55. The molecule has 0 spiro atoms. The van der Waals surface area contributed by atoms with Gasteiger partial charge in [-0.25, -0.2) is 0 Å². The Labute approximate surface area is 88.3 Å². The first-order valence-corrected chi connectivity index (χ1v) is 4.94. The molecule has 0 radical (unpaired) electrons. The van der Waals surface area contributed by atoms with Gasteiger partial charge in [-0.2, -0.15) is 0 Å². The summed E-state index contributed by atoms with van der Waals surface area (Å²) >= 11 is 0. The Hall–Kier alpha value is -1.55. The molecule has 80 valence electrons. The summed E-state index contributed by atoms with van der Waals surface area (Å²) in [4.78, 5) is 13.5. The minimum atomic E-state index is -0.218. The van der Waals surface area contributed by atoms with Crippen LogP contribution in [0.2, 0.25) is 0 Å². The summed E-state index contributed by atoms with van der Waals surface area (Å²) in [6, 6.07) is 3.51. The minimum Gasteiger partial charge on any atom is -0.507 e. The zero-order chi connectivity index (χ0) is 11.0. The third kappa shape index (κ3) is 1.47. The van der Waals surface area contributed by atoms with E-state index in [2.05, 4.69) is 4.90 Å². The number of rotatable bonds is 2. The van der Waals surface area contributed by atoms with Gasteiger partial charge < -0.3 is 15.7 Å². The van der Waals surface area contributed by atoms with Crippen LogP contribution in [0.4, 0.5) is 5.69 Å². The Morgan fingerprint density at radius 3 is 3.00 bits per heavy atom. The summed E-state index contributed by atoms with van der Waals surface area (Å²) in [7, 11) is 1.97. The smallest absolute Gasteiger partial charge is 0.180 e. The molecule has 2 rings (SSSR count). The number of anilines is 1. The van der Waals surface area contributed by atoms with E-state index in [1.165, 1.54) is 0 Å². The number of hydrogen-bond donors (Lipinski definition) is 2. The predicted molar refractivity (Wildman–Crippen MR) is 58.5 cm³/mol. The molecule has 0 saturated heterocycles. The van der Waals surface area contributed by atoms with Gasteiger partial charge in [0, 0.05) is 24.8 Å². The Morgan fingerprint density at radius 2 is 2.33 bits per heavy atom. The Balaban J connectivity index is 2.51. The molecule has 1 aliphatic rings. The van der Waals surface area contributed by atoms with Gasteiger partial charge in [0.25, 0.3) is 0 Å². The summed E-state index contributed by atoms with van der Waals surface area (Å²) in [5.41, 5.74) is 7.47. The third-order valence-corrected chi connectivity index (χ3v) is 2.85. The molecule has 1 aromatic carbocycles. The number of phenolic OH excluding ortho intramolecular Hbond substituents is 1. The van der Waals surface area contributed by atoms with Crippen LogP contribution in [0.15, 0.2) is 12.1 Å². The lowest BCUT2D eigenvalue weighted by atomic mass is 10.0. The first kappa shape index (κ1) is 9.98. The third-order valence-electron chi connectivity index (χ3n) is 2.85. The van der Waals surface area contributed by atoms with Gasteiger partial charge in [0.1, 0.15) is 5.75 Å². The van der Waals surface area contributed by atoms with Crippen LogP contribution in [0, 0.1) is 0 Å². The zero-order valence-corrected chi connectivity index (χ0v) is 8.66. The van der Waals surface area contributed by atoms with Gasteiger partial charge >= 0.3 is 0 Å². The van der Waals surface area contributed by atoms with Crippen molar-refractivity contribution in [3.63, 3.8) is 0 Å². The molecule has 0 fully saturated rings. The van der Waals surface area contributed by atoms with Crippen LogP contribution in [-0.4, -0.2) is 31.0 Å². The van der Waals surface area contributed by atoms with Gasteiger partial charge in [0.15, 0.2) is 5.78 Å². The van der Waals surface area contributed by atoms with Gasteiger partial charge in [-0.05, 0) is 18.6 Å². The molecular formula is C11H14N2O2. The second-order valence-electron chi connectivity index (χ2n) is 3.76. The SMILES string of the molecule is CN1CCc2c1ccc(C(=O)CN)c2O. The number of aromatic hydroxyl groups is 1. The standard InChI is InChI=1S/C11H14N2O2/c1-13-5-4-7-9(13)3-2-8(11(7)15)10(14)6-12/h2-3,15H,4-6,12H2,1H3. The van der Waals surface area contributed by atoms with Crippen LogP contribution in [0.5, 0.6) is 5.75 Å². The number of ketones is 1. The first-order chi connectivity index (χ1) is 7.15. The number of carbonyl (C=O) groups is 1. The molecule has 1 aromatic rings. The maximum absolute atomic E-state index is 11.4.